The predicted molar refractivity (Wildman–Crippen MR) is 74.2 cm³/mol. The van der Waals surface area contributed by atoms with Crippen LogP contribution in [0.4, 0.5) is 0 Å². The Kier molecular flexibility index (Phi) is 3.84. The summed E-state index contributed by atoms with van der Waals surface area (Å²) in [6.07, 6.45) is 2.87. The Hall–Kier alpha value is -0.0800. The third kappa shape index (κ3) is 3.03. The van der Waals surface area contributed by atoms with Crippen molar-refractivity contribution >= 4 is 0 Å². The zero-order valence-electron chi connectivity index (χ0n) is 12.3. The number of hydrogen-bond donors (Lipinski definition) is 1. The van der Waals surface area contributed by atoms with Crippen molar-refractivity contribution < 1.29 is 0 Å². The van der Waals surface area contributed by atoms with Crippen LogP contribution in [0.1, 0.15) is 47.5 Å². The van der Waals surface area contributed by atoms with E-state index >= 15 is 0 Å². The molecule has 2 aliphatic rings. The molecule has 2 atom stereocenters. The molecule has 2 nitrogen and oxygen atoms in total. The van der Waals surface area contributed by atoms with Gasteiger partial charge < -0.3 is 5.32 Å². The lowest BCUT2D eigenvalue weighted by Crippen LogP contribution is -2.65. The van der Waals surface area contributed by atoms with Gasteiger partial charge >= 0.3 is 0 Å². The summed E-state index contributed by atoms with van der Waals surface area (Å²) in [6, 6.07) is 0.726. The number of hydrogen-bond acceptors (Lipinski definition) is 2. The lowest BCUT2D eigenvalue weighted by atomic mass is 9.87. The Balaban J connectivity index is 2.03. The normalized spacial score (nSPS) is 35.8. The van der Waals surface area contributed by atoms with Crippen LogP contribution < -0.4 is 5.32 Å². The molecular weight excluding hydrogens is 208 g/mol. The maximum absolute atomic E-state index is 3.85. The third-order valence-corrected chi connectivity index (χ3v) is 4.56. The first kappa shape index (κ1) is 13.4. The van der Waals surface area contributed by atoms with Gasteiger partial charge in [-0.15, -0.1) is 0 Å². The second kappa shape index (κ2) is 4.89. The van der Waals surface area contributed by atoms with Gasteiger partial charge in [-0.05, 0) is 37.5 Å². The fourth-order valence-electron chi connectivity index (χ4n) is 3.38. The van der Waals surface area contributed by atoms with E-state index in [0.717, 1.165) is 23.8 Å². The highest BCUT2D eigenvalue weighted by Crippen LogP contribution is 2.41. The third-order valence-electron chi connectivity index (χ3n) is 4.56. The smallest absolute Gasteiger partial charge is 0.0309 e. The molecule has 1 aliphatic heterocycles. The molecule has 1 aliphatic carbocycles. The summed E-state index contributed by atoms with van der Waals surface area (Å²) in [5.74, 6) is 2.47. The van der Waals surface area contributed by atoms with Crippen LogP contribution in [-0.4, -0.2) is 36.1 Å². The van der Waals surface area contributed by atoms with Crippen LogP contribution in [0.3, 0.4) is 0 Å². The molecule has 0 bridgehead atoms. The Morgan fingerprint density at radius 3 is 2.35 bits per heavy atom. The average molecular weight is 238 g/mol. The van der Waals surface area contributed by atoms with E-state index in [-0.39, 0.29) is 0 Å². The van der Waals surface area contributed by atoms with E-state index in [2.05, 4.69) is 44.8 Å². The predicted octanol–water partition coefficient (Wildman–Crippen LogP) is 2.74. The van der Waals surface area contributed by atoms with E-state index in [1.165, 1.54) is 32.5 Å². The molecule has 2 heteroatoms. The Morgan fingerprint density at radius 2 is 1.88 bits per heavy atom. The van der Waals surface area contributed by atoms with Crippen molar-refractivity contribution in [3.63, 3.8) is 0 Å². The van der Waals surface area contributed by atoms with Gasteiger partial charge in [0, 0.05) is 31.2 Å². The molecule has 1 N–H and O–H groups in total. The first-order chi connectivity index (χ1) is 7.92. The van der Waals surface area contributed by atoms with Gasteiger partial charge in [0.05, 0.1) is 0 Å². The lowest BCUT2D eigenvalue weighted by molar-refractivity contribution is 0.0437. The minimum Gasteiger partial charge on any atom is -0.308 e. The molecule has 0 spiro atoms. The van der Waals surface area contributed by atoms with Crippen molar-refractivity contribution in [1.82, 2.24) is 10.2 Å². The van der Waals surface area contributed by atoms with Gasteiger partial charge in [-0.3, -0.25) is 4.90 Å². The van der Waals surface area contributed by atoms with E-state index in [1.807, 2.05) is 0 Å². The molecule has 0 aromatic heterocycles. The zero-order valence-corrected chi connectivity index (χ0v) is 12.3. The minimum absolute atomic E-state index is 0.389. The molecule has 1 heterocycles. The molecule has 100 valence electrons. The van der Waals surface area contributed by atoms with Crippen LogP contribution in [-0.2, 0) is 0 Å². The van der Waals surface area contributed by atoms with Gasteiger partial charge in [0.1, 0.15) is 0 Å². The average Bonchev–Trinajstić information content (AvgIpc) is 2.98. The fourth-order valence-corrected chi connectivity index (χ4v) is 3.38. The van der Waals surface area contributed by atoms with Crippen LogP contribution in [0.15, 0.2) is 0 Å². The highest BCUT2D eigenvalue weighted by Gasteiger charge is 2.46. The van der Waals surface area contributed by atoms with Crippen molar-refractivity contribution in [2.45, 2.75) is 59.0 Å². The number of nitrogens with one attached hydrogen (secondary N) is 1. The monoisotopic (exact) mass is 238 g/mol. The molecule has 2 rings (SSSR count). The second-order valence-corrected chi connectivity index (χ2v) is 7.21. The minimum atomic E-state index is 0.389. The van der Waals surface area contributed by atoms with Crippen LogP contribution in [0.2, 0.25) is 0 Å². The quantitative estimate of drug-likeness (QED) is 0.810. The summed E-state index contributed by atoms with van der Waals surface area (Å²) in [5, 5.41) is 3.85. The van der Waals surface area contributed by atoms with Gasteiger partial charge in [-0.2, -0.15) is 0 Å². The summed E-state index contributed by atoms with van der Waals surface area (Å²) in [5.41, 5.74) is 0.389. The Labute approximate surface area is 107 Å². The summed E-state index contributed by atoms with van der Waals surface area (Å²) in [6.45, 7) is 15.5. The van der Waals surface area contributed by atoms with Crippen LogP contribution in [0.5, 0.6) is 0 Å². The Bertz CT molecular complexity index is 258. The van der Waals surface area contributed by atoms with Crippen LogP contribution in [0.25, 0.3) is 0 Å². The summed E-state index contributed by atoms with van der Waals surface area (Å²) < 4.78 is 0. The van der Waals surface area contributed by atoms with Gasteiger partial charge in [0.15, 0.2) is 0 Å². The van der Waals surface area contributed by atoms with E-state index in [9.17, 15) is 0 Å². The summed E-state index contributed by atoms with van der Waals surface area (Å²) in [7, 11) is 0. The van der Waals surface area contributed by atoms with Crippen molar-refractivity contribution in [3.8, 4) is 0 Å². The van der Waals surface area contributed by atoms with Gasteiger partial charge in [-0.1, -0.05) is 27.7 Å². The first-order valence-electron chi connectivity index (χ1n) is 7.41. The highest BCUT2D eigenvalue weighted by atomic mass is 15.3. The van der Waals surface area contributed by atoms with Crippen molar-refractivity contribution in [1.29, 1.82) is 0 Å². The molecule has 0 aromatic rings. The van der Waals surface area contributed by atoms with Crippen LogP contribution >= 0.6 is 0 Å². The van der Waals surface area contributed by atoms with Crippen molar-refractivity contribution in [2.75, 3.05) is 19.6 Å². The number of piperazine rings is 1. The highest BCUT2D eigenvalue weighted by molar-refractivity contribution is 5.04. The maximum Gasteiger partial charge on any atom is 0.0309 e. The molecule has 0 radical (unpaired) electrons. The summed E-state index contributed by atoms with van der Waals surface area (Å²) >= 11 is 0. The zero-order chi connectivity index (χ0) is 12.6. The maximum atomic E-state index is 3.85. The van der Waals surface area contributed by atoms with E-state index in [4.69, 9.17) is 0 Å². The van der Waals surface area contributed by atoms with Gasteiger partial charge in [-0.25, -0.2) is 0 Å². The second-order valence-electron chi connectivity index (χ2n) is 7.21. The largest absolute Gasteiger partial charge is 0.308 e. The molecule has 1 saturated carbocycles. The first-order valence-corrected chi connectivity index (χ1v) is 7.41. The van der Waals surface area contributed by atoms with Gasteiger partial charge in [0.2, 0.25) is 0 Å². The lowest BCUT2D eigenvalue weighted by Gasteiger charge is -2.48. The standard InChI is InChI=1S/C15H30N2/c1-11(2)9-17-10-15(5,13-6-7-13)16-8-14(17)12(3)4/h11-14,16H,6-10H2,1-5H3. The molecule has 2 fully saturated rings. The van der Waals surface area contributed by atoms with Gasteiger partial charge in [0.25, 0.3) is 0 Å². The molecule has 17 heavy (non-hydrogen) atoms. The SMILES string of the molecule is CC(C)CN1CC(C)(C2CC2)NCC1C(C)C. The topological polar surface area (TPSA) is 15.3 Å². The van der Waals surface area contributed by atoms with Crippen molar-refractivity contribution in [2.24, 2.45) is 17.8 Å². The molecule has 0 amide bonds. The molecular formula is C15H30N2. The van der Waals surface area contributed by atoms with Crippen LogP contribution in [0, 0.1) is 17.8 Å². The van der Waals surface area contributed by atoms with E-state index in [1.54, 1.807) is 0 Å². The van der Waals surface area contributed by atoms with Crippen molar-refractivity contribution in [3.05, 3.63) is 0 Å². The Morgan fingerprint density at radius 1 is 1.24 bits per heavy atom. The number of rotatable bonds is 4. The molecule has 2 unspecified atom stereocenters. The number of nitrogens with zero attached hydrogens (tertiary/aromatic N) is 1. The van der Waals surface area contributed by atoms with E-state index < -0.39 is 0 Å². The molecule has 1 saturated heterocycles. The molecule has 0 aromatic carbocycles. The fraction of sp³-hybridized carbons (Fsp3) is 1.00. The van der Waals surface area contributed by atoms with E-state index in [0.29, 0.717) is 5.54 Å². The summed E-state index contributed by atoms with van der Waals surface area (Å²) in [4.78, 5) is 2.75.